The van der Waals surface area contributed by atoms with Crippen LogP contribution >= 0.6 is 0 Å². The van der Waals surface area contributed by atoms with E-state index in [4.69, 9.17) is 4.74 Å². The zero-order valence-corrected chi connectivity index (χ0v) is 17.9. The number of carbonyl (C=O) groups is 1. The number of ether oxygens (including phenoxy) is 1. The van der Waals surface area contributed by atoms with Gasteiger partial charge in [-0.2, -0.15) is 0 Å². The molecule has 1 aliphatic heterocycles. The molecule has 0 spiro atoms. The molecule has 2 heterocycles. The van der Waals surface area contributed by atoms with Crippen molar-refractivity contribution in [2.75, 3.05) is 33.3 Å². The highest BCUT2D eigenvalue weighted by Gasteiger charge is 2.24. The Morgan fingerprint density at radius 3 is 2.77 bits per heavy atom. The third kappa shape index (κ3) is 4.68. The Morgan fingerprint density at radius 1 is 1.20 bits per heavy atom. The summed E-state index contributed by atoms with van der Waals surface area (Å²) >= 11 is 0. The number of likely N-dealkylation sites (tertiary alicyclic amines) is 1. The molecule has 5 nitrogen and oxygen atoms in total. The van der Waals surface area contributed by atoms with Gasteiger partial charge in [0.1, 0.15) is 5.75 Å². The normalized spacial score (nSPS) is 15.4. The molecule has 1 aliphatic rings. The Balaban J connectivity index is 1.26. The number of methoxy groups -OCH3 is 1. The van der Waals surface area contributed by atoms with Gasteiger partial charge in [-0.1, -0.05) is 24.3 Å². The minimum atomic E-state index is 0.124. The number of nitrogens with zero attached hydrogens (tertiary/aromatic N) is 1. The molecule has 0 radical (unpaired) electrons. The molecule has 1 amide bonds. The maximum Gasteiger partial charge on any atom is 0.234 e. The third-order valence-electron chi connectivity index (χ3n) is 6.29. The second kappa shape index (κ2) is 9.35. The van der Waals surface area contributed by atoms with Gasteiger partial charge in [0.05, 0.1) is 13.7 Å². The Kier molecular flexibility index (Phi) is 6.38. The number of hydrogen-bond acceptors (Lipinski definition) is 3. The molecule has 2 aromatic carbocycles. The lowest BCUT2D eigenvalue weighted by Gasteiger charge is -2.31. The number of aromatic amines is 1. The molecule has 4 rings (SSSR count). The van der Waals surface area contributed by atoms with E-state index in [9.17, 15) is 4.79 Å². The molecule has 158 valence electrons. The second-order valence-corrected chi connectivity index (χ2v) is 8.23. The van der Waals surface area contributed by atoms with Crippen LogP contribution in [0.3, 0.4) is 0 Å². The molecule has 30 heavy (non-hydrogen) atoms. The van der Waals surface area contributed by atoms with Crippen LogP contribution in [0.25, 0.3) is 10.9 Å². The lowest BCUT2D eigenvalue weighted by atomic mass is 9.89. The summed E-state index contributed by atoms with van der Waals surface area (Å²) < 4.78 is 5.40. The monoisotopic (exact) mass is 405 g/mol. The maximum atomic E-state index is 12.4. The summed E-state index contributed by atoms with van der Waals surface area (Å²) in [6.07, 6.45) is 5.16. The Labute approximate surface area is 178 Å². The first-order valence-corrected chi connectivity index (χ1v) is 10.8. The summed E-state index contributed by atoms with van der Waals surface area (Å²) in [7, 11) is 1.71. The number of piperidine rings is 1. The molecule has 0 bridgehead atoms. The zero-order chi connectivity index (χ0) is 20.9. The van der Waals surface area contributed by atoms with Crippen molar-refractivity contribution >= 4 is 16.8 Å². The number of hydrogen-bond donors (Lipinski definition) is 2. The molecular weight excluding hydrogens is 374 g/mol. The van der Waals surface area contributed by atoms with Crippen LogP contribution in [-0.2, 0) is 11.2 Å². The summed E-state index contributed by atoms with van der Waals surface area (Å²) in [6.45, 7) is 5.20. The van der Waals surface area contributed by atoms with E-state index in [-0.39, 0.29) is 5.91 Å². The third-order valence-corrected chi connectivity index (χ3v) is 6.29. The van der Waals surface area contributed by atoms with Crippen LogP contribution in [0.15, 0.2) is 48.7 Å². The first-order chi connectivity index (χ1) is 14.6. The highest BCUT2D eigenvalue weighted by atomic mass is 16.5. The van der Waals surface area contributed by atoms with E-state index in [0.717, 1.165) is 43.6 Å². The molecular formula is C25H31N3O2. The van der Waals surface area contributed by atoms with Crippen molar-refractivity contribution in [2.45, 2.75) is 32.1 Å². The van der Waals surface area contributed by atoms with Gasteiger partial charge in [0.15, 0.2) is 0 Å². The van der Waals surface area contributed by atoms with Crippen molar-refractivity contribution in [1.29, 1.82) is 0 Å². The summed E-state index contributed by atoms with van der Waals surface area (Å²) in [5.74, 6) is 1.54. The minimum absolute atomic E-state index is 0.124. The molecule has 1 saturated heterocycles. The number of rotatable bonds is 7. The van der Waals surface area contributed by atoms with Crippen molar-refractivity contribution in [1.82, 2.24) is 15.2 Å². The minimum Gasteiger partial charge on any atom is -0.497 e. The van der Waals surface area contributed by atoms with Gasteiger partial charge in [0.25, 0.3) is 0 Å². The lowest BCUT2D eigenvalue weighted by Crippen LogP contribution is -2.41. The number of H-pyrrole nitrogens is 1. The van der Waals surface area contributed by atoms with Crippen LogP contribution in [0, 0.1) is 6.92 Å². The van der Waals surface area contributed by atoms with Gasteiger partial charge in [-0.3, -0.25) is 9.69 Å². The van der Waals surface area contributed by atoms with Crippen molar-refractivity contribution in [3.8, 4) is 5.75 Å². The van der Waals surface area contributed by atoms with E-state index in [1.54, 1.807) is 7.11 Å². The van der Waals surface area contributed by atoms with E-state index >= 15 is 0 Å². The fourth-order valence-electron chi connectivity index (χ4n) is 4.47. The van der Waals surface area contributed by atoms with Gasteiger partial charge in [-0.25, -0.2) is 0 Å². The summed E-state index contributed by atoms with van der Waals surface area (Å²) in [5.41, 5.74) is 5.10. The van der Waals surface area contributed by atoms with E-state index in [1.807, 2.05) is 12.1 Å². The predicted molar refractivity (Wildman–Crippen MR) is 121 cm³/mol. The molecule has 0 unspecified atom stereocenters. The number of fused-ring (bicyclic) bond motifs is 1. The lowest BCUT2D eigenvalue weighted by molar-refractivity contribution is -0.122. The predicted octanol–water partition coefficient (Wildman–Crippen LogP) is 4.02. The highest BCUT2D eigenvalue weighted by Crippen LogP contribution is 2.34. The van der Waals surface area contributed by atoms with Crippen LogP contribution in [0.1, 0.15) is 35.4 Å². The topological polar surface area (TPSA) is 57.4 Å². The van der Waals surface area contributed by atoms with Crippen LogP contribution < -0.4 is 10.1 Å². The Bertz CT molecular complexity index is 1000. The van der Waals surface area contributed by atoms with E-state index in [0.29, 0.717) is 19.0 Å². The molecule has 2 N–H and O–H groups in total. The van der Waals surface area contributed by atoms with Gasteiger partial charge in [-0.15, -0.1) is 0 Å². The first kappa shape index (κ1) is 20.5. The second-order valence-electron chi connectivity index (χ2n) is 8.23. The standard InChI is InChI=1S/C25H31N3O2/c1-18-5-3-4-6-19(18)9-12-26-25(29)17-28-13-10-20(11-14-28)23-16-27-24-8-7-21(30-2)15-22(23)24/h3-8,15-16,20,27H,9-14,17H2,1-2H3,(H,26,29). The van der Waals surface area contributed by atoms with Gasteiger partial charge in [-0.05, 0) is 80.1 Å². The summed E-state index contributed by atoms with van der Waals surface area (Å²) in [5, 5.41) is 4.33. The van der Waals surface area contributed by atoms with Gasteiger partial charge in [0, 0.05) is 23.6 Å². The van der Waals surface area contributed by atoms with E-state index in [2.05, 4.69) is 58.7 Å². The fraction of sp³-hybridized carbons (Fsp3) is 0.400. The number of aromatic nitrogens is 1. The molecule has 1 aromatic heterocycles. The quantitative estimate of drug-likeness (QED) is 0.624. The van der Waals surface area contributed by atoms with Crippen molar-refractivity contribution in [2.24, 2.45) is 0 Å². The molecule has 0 saturated carbocycles. The molecule has 3 aromatic rings. The van der Waals surface area contributed by atoms with Crippen molar-refractivity contribution < 1.29 is 9.53 Å². The maximum absolute atomic E-state index is 12.4. The van der Waals surface area contributed by atoms with Crippen molar-refractivity contribution in [3.63, 3.8) is 0 Å². The largest absolute Gasteiger partial charge is 0.497 e. The number of amides is 1. The molecule has 1 fully saturated rings. The molecule has 5 heteroatoms. The van der Waals surface area contributed by atoms with Crippen LogP contribution in [-0.4, -0.2) is 49.1 Å². The summed E-state index contributed by atoms with van der Waals surface area (Å²) in [4.78, 5) is 18.0. The number of carbonyl (C=O) groups excluding carboxylic acids is 1. The number of aryl methyl sites for hydroxylation is 1. The van der Waals surface area contributed by atoms with Gasteiger partial charge < -0.3 is 15.0 Å². The molecule has 0 atom stereocenters. The fourth-order valence-corrected chi connectivity index (χ4v) is 4.47. The average Bonchev–Trinajstić information content (AvgIpc) is 3.19. The Hall–Kier alpha value is -2.79. The SMILES string of the molecule is COc1ccc2[nH]cc(C3CCN(CC(=O)NCCc4ccccc4C)CC3)c2c1. The smallest absolute Gasteiger partial charge is 0.234 e. The van der Waals surface area contributed by atoms with Gasteiger partial charge >= 0.3 is 0 Å². The van der Waals surface area contributed by atoms with Crippen LogP contribution in [0.5, 0.6) is 5.75 Å². The number of nitrogens with one attached hydrogen (secondary N) is 2. The summed E-state index contributed by atoms with van der Waals surface area (Å²) in [6, 6.07) is 14.5. The van der Waals surface area contributed by atoms with E-state index in [1.165, 1.54) is 22.1 Å². The van der Waals surface area contributed by atoms with Crippen LogP contribution in [0.2, 0.25) is 0 Å². The first-order valence-electron chi connectivity index (χ1n) is 10.8. The van der Waals surface area contributed by atoms with Crippen LogP contribution in [0.4, 0.5) is 0 Å². The Morgan fingerprint density at radius 2 is 2.00 bits per heavy atom. The molecule has 0 aliphatic carbocycles. The number of benzene rings is 2. The average molecular weight is 406 g/mol. The zero-order valence-electron chi connectivity index (χ0n) is 17.9. The van der Waals surface area contributed by atoms with Gasteiger partial charge in [0.2, 0.25) is 5.91 Å². The highest BCUT2D eigenvalue weighted by molar-refractivity contribution is 5.85. The van der Waals surface area contributed by atoms with Crippen molar-refractivity contribution in [3.05, 3.63) is 65.4 Å². The van der Waals surface area contributed by atoms with E-state index < -0.39 is 0 Å².